The van der Waals surface area contributed by atoms with Crippen LogP contribution in [0.3, 0.4) is 0 Å². The number of likely N-dealkylation sites (tertiary alicyclic amines) is 1. The van der Waals surface area contributed by atoms with E-state index in [4.69, 9.17) is 13.6 Å². The Labute approximate surface area is 266 Å². The smallest absolute Gasteiger partial charge is 0.456 e. The first-order valence-electron chi connectivity index (χ1n) is 13.3. The molecular weight excluding hydrogens is 614 g/mol. The van der Waals surface area contributed by atoms with Gasteiger partial charge in [0.25, 0.3) is 5.12 Å². The molecule has 1 aromatic heterocycles. The molecule has 2 heterocycles. The number of thioether (sulfide) groups is 1. The SMILES string of the molecule is C=CCOC(=O)C(=O)N1C(=O)[C@H]([C@@H](C)O[Si](C)(C)C(C)(C)C)[C@H]1SC(=O)c1ccc([C]2[CH][CH][CH][CH]2)o1.[CH]1[CH][CH][CH][CH]1.[Fe+2]. The molecule has 2 amide bonds. The van der Waals surface area contributed by atoms with Crippen molar-refractivity contribution in [3.63, 3.8) is 0 Å². The fraction of sp³-hybridized carbons (Fsp3) is 0.355. The topological polar surface area (TPSA) is 103 Å². The molecule has 2 saturated carbocycles. The Kier molecular flexibility index (Phi) is 13.8. The summed E-state index contributed by atoms with van der Waals surface area (Å²) in [5.41, 5.74) is 0. The predicted molar refractivity (Wildman–Crippen MR) is 160 cm³/mol. The molecule has 11 heteroatoms. The maximum absolute atomic E-state index is 13.1. The van der Waals surface area contributed by atoms with Crippen molar-refractivity contribution in [1.29, 1.82) is 0 Å². The molecule has 0 spiro atoms. The molecule has 1 saturated heterocycles. The van der Waals surface area contributed by atoms with E-state index in [9.17, 15) is 19.2 Å². The second-order valence-corrected chi connectivity index (χ2v) is 17.0. The number of esters is 1. The molecule has 3 fully saturated rings. The van der Waals surface area contributed by atoms with Crippen LogP contribution in [0.25, 0.3) is 0 Å². The van der Waals surface area contributed by atoms with Gasteiger partial charge in [-0.3, -0.25) is 19.3 Å². The number of furan rings is 1. The summed E-state index contributed by atoms with van der Waals surface area (Å²) in [6.07, 6.45) is 18.2. The van der Waals surface area contributed by atoms with Crippen molar-refractivity contribution in [3.05, 3.63) is 100 Å². The number of hydrogen-bond acceptors (Lipinski definition) is 8. The molecule has 0 N–H and O–H groups in total. The van der Waals surface area contributed by atoms with Gasteiger partial charge in [0, 0.05) is 5.92 Å². The number of carbonyl (C=O) groups is 4. The number of carbonyl (C=O) groups excluding carboxylic acids is 4. The number of amides is 2. The van der Waals surface area contributed by atoms with E-state index in [1.165, 1.54) is 6.08 Å². The number of hydrogen-bond donors (Lipinski definition) is 0. The zero-order chi connectivity index (χ0) is 30.4. The summed E-state index contributed by atoms with van der Waals surface area (Å²) in [5, 5.41) is -1.52. The Morgan fingerprint density at radius 2 is 1.64 bits per heavy atom. The van der Waals surface area contributed by atoms with Crippen LogP contribution in [0, 0.1) is 69.6 Å². The summed E-state index contributed by atoms with van der Waals surface area (Å²) < 4.78 is 16.9. The number of ether oxygens (including phenoxy) is 1. The number of nitrogens with zero attached hydrogens (tertiary/aromatic N) is 1. The van der Waals surface area contributed by atoms with Crippen molar-refractivity contribution in [2.45, 2.75) is 57.3 Å². The molecule has 8 nitrogen and oxygen atoms in total. The normalized spacial score (nSPS) is 21.5. The van der Waals surface area contributed by atoms with Gasteiger partial charge in [0.1, 0.15) is 17.7 Å². The van der Waals surface area contributed by atoms with E-state index in [1.54, 1.807) is 19.1 Å². The molecular formula is C31H37FeNO7SSi+2. The maximum Gasteiger partial charge on any atom is 2.00 e. The number of imide groups is 1. The van der Waals surface area contributed by atoms with E-state index in [-0.39, 0.29) is 34.5 Å². The summed E-state index contributed by atoms with van der Waals surface area (Å²) in [4.78, 5) is 52.0. The van der Waals surface area contributed by atoms with E-state index in [1.807, 2.05) is 57.8 Å². The molecule has 2 aliphatic carbocycles. The van der Waals surface area contributed by atoms with E-state index in [0.717, 1.165) is 22.6 Å². The first-order valence-corrected chi connectivity index (χ1v) is 17.1. The van der Waals surface area contributed by atoms with Gasteiger partial charge in [-0.25, -0.2) is 4.79 Å². The van der Waals surface area contributed by atoms with Crippen LogP contribution in [0.15, 0.2) is 29.2 Å². The Hall–Kier alpha value is -1.65. The molecule has 42 heavy (non-hydrogen) atoms. The average molecular weight is 652 g/mol. The Bertz CT molecular complexity index is 1100. The summed E-state index contributed by atoms with van der Waals surface area (Å²) in [6.45, 7) is 15.4. The second-order valence-electron chi connectivity index (χ2n) is 11.1. The standard InChI is InChI=1S/C26H32NO7SSi.C5H5.Fe/c1-8-15-32-24(30)22(29)27-21(28)20(16(2)34-36(6,7)26(3,4)5)23(27)35-25(31)19-14-13-18(33-19)17-11-9-10-12-17;1-2-4-5-3-1;/h8-14,16,20,23H,1,15H2,2-7H3;1-5H;/q;;+2/t16-,20+,23-;;/m1../s1. The molecule has 4 rings (SSSR count). The van der Waals surface area contributed by atoms with Gasteiger partial charge in [-0.2, -0.15) is 0 Å². The van der Waals surface area contributed by atoms with Crippen LogP contribution in [0.2, 0.25) is 18.1 Å². The third-order valence-corrected chi connectivity index (χ3v) is 12.9. The van der Waals surface area contributed by atoms with Crippen LogP contribution in [-0.4, -0.2) is 54.2 Å². The van der Waals surface area contributed by atoms with Crippen molar-refractivity contribution < 1.29 is 49.8 Å². The fourth-order valence-corrected chi connectivity index (χ4v) is 6.56. The molecule has 224 valence electrons. The summed E-state index contributed by atoms with van der Waals surface area (Å²) >= 11 is 0.761. The van der Waals surface area contributed by atoms with Crippen molar-refractivity contribution >= 4 is 43.0 Å². The first-order chi connectivity index (χ1) is 19.3. The van der Waals surface area contributed by atoms with E-state index >= 15 is 0 Å². The molecule has 1 aliphatic heterocycles. The summed E-state index contributed by atoms with van der Waals surface area (Å²) in [7, 11) is -2.26. The predicted octanol–water partition coefficient (Wildman–Crippen LogP) is 5.38. The Morgan fingerprint density at radius 3 is 2.17 bits per heavy atom. The minimum Gasteiger partial charge on any atom is -0.456 e. The third-order valence-electron chi connectivity index (χ3n) is 7.14. The number of β-lactam (4-membered cyclic amide) rings is 1. The quantitative estimate of drug-likeness (QED) is 0.122. The van der Waals surface area contributed by atoms with Gasteiger partial charge in [-0.15, -0.1) is 0 Å². The van der Waals surface area contributed by atoms with E-state index < -0.39 is 48.6 Å². The largest absolute Gasteiger partial charge is 2.00 e. The minimum absolute atomic E-state index is 0. The van der Waals surface area contributed by atoms with Crippen LogP contribution in [0.5, 0.6) is 0 Å². The average Bonchev–Trinajstić information content (AvgIpc) is 3.69. The van der Waals surface area contributed by atoms with Crippen LogP contribution < -0.4 is 0 Å². The Morgan fingerprint density at radius 1 is 1.07 bits per heavy atom. The molecule has 0 aromatic carbocycles. The van der Waals surface area contributed by atoms with Gasteiger partial charge in [-0.05, 0) is 95.0 Å². The third kappa shape index (κ3) is 8.94. The van der Waals surface area contributed by atoms with Crippen molar-refractivity contribution in [1.82, 2.24) is 4.90 Å². The Balaban J connectivity index is 0.000000927. The zero-order valence-corrected chi connectivity index (χ0v) is 27.6. The van der Waals surface area contributed by atoms with Crippen LogP contribution in [0.1, 0.15) is 44.0 Å². The van der Waals surface area contributed by atoms with Crippen molar-refractivity contribution in [2.24, 2.45) is 5.92 Å². The van der Waals surface area contributed by atoms with Gasteiger partial charge < -0.3 is 13.6 Å². The maximum atomic E-state index is 13.1. The zero-order valence-electron chi connectivity index (χ0n) is 24.6. The van der Waals surface area contributed by atoms with Gasteiger partial charge >= 0.3 is 28.9 Å². The molecule has 3 atom stereocenters. The van der Waals surface area contributed by atoms with Gasteiger partial charge in [-0.1, -0.05) is 45.2 Å². The monoisotopic (exact) mass is 651 g/mol. The van der Waals surface area contributed by atoms with E-state index in [2.05, 4.69) is 40.4 Å². The molecule has 0 unspecified atom stereocenters. The second kappa shape index (κ2) is 15.9. The summed E-state index contributed by atoms with van der Waals surface area (Å²) in [6, 6.07) is 3.23. The molecule has 10 radical (unpaired) electrons. The molecule has 0 bridgehead atoms. The van der Waals surface area contributed by atoms with Crippen LogP contribution >= 0.6 is 11.8 Å². The molecule has 1 aromatic rings. The summed E-state index contributed by atoms with van der Waals surface area (Å²) in [5.74, 6) is -2.25. The van der Waals surface area contributed by atoms with E-state index in [0.29, 0.717) is 5.76 Å². The van der Waals surface area contributed by atoms with Crippen LogP contribution in [0.4, 0.5) is 0 Å². The van der Waals surface area contributed by atoms with Gasteiger partial charge in [0.2, 0.25) is 5.91 Å². The first kappa shape index (κ1) is 36.5. The van der Waals surface area contributed by atoms with Crippen molar-refractivity contribution in [2.75, 3.05) is 6.61 Å². The number of rotatable bonds is 8. The van der Waals surface area contributed by atoms with Gasteiger partial charge in [0.15, 0.2) is 14.1 Å². The molecule has 3 aliphatic rings. The fourth-order valence-electron chi connectivity index (χ4n) is 3.90. The van der Waals surface area contributed by atoms with Crippen LogP contribution in [-0.2, 0) is 40.6 Å². The minimum atomic E-state index is -2.26. The van der Waals surface area contributed by atoms with Crippen molar-refractivity contribution in [3.8, 4) is 0 Å². The van der Waals surface area contributed by atoms with Gasteiger partial charge in [0.05, 0.1) is 12.0 Å².